The monoisotopic (exact) mass is 279 g/mol. The Hall–Kier alpha value is -1.91. The van der Waals surface area contributed by atoms with E-state index in [1.54, 1.807) is 21.0 Å². The summed E-state index contributed by atoms with van der Waals surface area (Å²) in [7, 11) is 1.62. The van der Waals surface area contributed by atoms with Gasteiger partial charge in [-0.25, -0.2) is 4.79 Å². The number of aryl methyl sites for hydroxylation is 1. The van der Waals surface area contributed by atoms with Gasteiger partial charge in [-0.15, -0.1) is 4.91 Å². The van der Waals surface area contributed by atoms with E-state index in [0.717, 1.165) is 17.7 Å². The van der Waals surface area contributed by atoms with E-state index >= 15 is 0 Å². The molecule has 0 N–H and O–H groups in total. The normalized spacial score (nSPS) is 12.0. The van der Waals surface area contributed by atoms with E-state index in [1.807, 2.05) is 24.3 Å². The fourth-order valence-corrected chi connectivity index (χ4v) is 1.82. The van der Waals surface area contributed by atoms with Gasteiger partial charge in [-0.1, -0.05) is 17.3 Å². The molecule has 1 aromatic rings. The van der Waals surface area contributed by atoms with Crippen LogP contribution in [0.4, 0.5) is 0 Å². The van der Waals surface area contributed by atoms with Gasteiger partial charge < -0.3 is 9.47 Å². The Labute approximate surface area is 119 Å². The maximum absolute atomic E-state index is 11.6. The van der Waals surface area contributed by atoms with Crippen molar-refractivity contribution < 1.29 is 14.3 Å². The third-order valence-electron chi connectivity index (χ3n) is 2.85. The van der Waals surface area contributed by atoms with Gasteiger partial charge >= 0.3 is 5.97 Å². The quantitative estimate of drug-likeness (QED) is 0.541. The summed E-state index contributed by atoms with van der Waals surface area (Å²) in [6.45, 7) is 3.49. The standard InChI is InChI=1S/C15H21NO4/c1-11(2)20-15(17)14(16-18)6-4-5-12-7-9-13(19-3)10-8-12/h7-11,14H,4-6H2,1-3H3. The molecule has 1 aromatic carbocycles. The highest BCUT2D eigenvalue weighted by Crippen LogP contribution is 2.14. The van der Waals surface area contributed by atoms with Crippen molar-refractivity contribution in [2.75, 3.05) is 7.11 Å². The van der Waals surface area contributed by atoms with Crippen LogP contribution in [-0.2, 0) is 16.0 Å². The first-order valence-electron chi connectivity index (χ1n) is 6.72. The molecule has 1 rings (SSSR count). The van der Waals surface area contributed by atoms with Gasteiger partial charge in [-0.3, -0.25) is 0 Å². The van der Waals surface area contributed by atoms with Crippen molar-refractivity contribution in [3.05, 3.63) is 34.7 Å². The van der Waals surface area contributed by atoms with Gasteiger partial charge in [0.15, 0.2) is 6.04 Å². The second-order valence-corrected chi connectivity index (χ2v) is 4.85. The van der Waals surface area contributed by atoms with Crippen molar-refractivity contribution in [2.24, 2.45) is 5.18 Å². The van der Waals surface area contributed by atoms with Crippen molar-refractivity contribution in [3.8, 4) is 5.75 Å². The van der Waals surface area contributed by atoms with Crippen LogP contribution in [0, 0.1) is 4.91 Å². The van der Waals surface area contributed by atoms with E-state index in [9.17, 15) is 9.70 Å². The number of benzene rings is 1. The summed E-state index contributed by atoms with van der Waals surface area (Å²) in [6.07, 6.45) is 1.66. The molecule has 0 fully saturated rings. The van der Waals surface area contributed by atoms with Crippen LogP contribution in [0.5, 0.6) is 5.75 Å². The minimum atomic E-state index is -0.907. The van der Waals surface area contributed by atoms with Gasteiger partial charge in [0, 0.05) is 0 Å². The lowest BCUT2D eigenvalue weighted by Crippen LogP contribution is -2.24. The molecular formula is C15H21NO4. The number of carbonyl (C=O) groups excluding carboxylic acids is 1. The highest BCUT2D eigenvalue weighted by atomic mass is 16.5. The Balaban J connectivity index is 2.40. The number of rotatable bonds is 8. The summed E-state index contributed by atoms with van der Waals surface area (Å²) in [6, 6.07) is 6.80. The maximum atomic E-state index is 11.6. The van der Waals surface area contributed by atoms with Gasteiger partial charge in [0.05, 0.1) is 13.2 Å². The molecule has 0 aliphatic carbocycles. The van der Waals surface area contributed by atoms with Crippen LogP contribution in [0.15, 0.2) is 29.4 Å². The van der Waals surface area contributed by atoms with Crippen LogP contribution < -0.4 is 4.74 Å². The minimum absolute atomic E-state index is 0.228. The Morgan fingerprint density at radius 3 is 2.40 bits per heavy atom. The molecule has 0 aromatic heterocycles. The lowest BCUT2D eigenvalue weighted by molar-refractivity contribution is -0.149. The van der Waals surface area contributed by atoms with E-state index in [1.165, 1.54) is 0 Å². The molecule has 0 amide bonds. The van der Waals surface area contributed by atoms with Crippen molar-refractivity contribution in [2.45, 2.75) is 45.3 Å². The smallest absolute Gasteiger partial charge is 0.334 e. The van der Waals surface area contributed by atoms with Crippen LogP contribution in [-0.4, -0.2) is 25.2 Å². The molecule has 0 saturated carbocycles. The van der Waals surface area contributed by atoms with Crippen molar-refractivity contribution >= 4 is 5.97 Å². The van der Waals surface area contributed by atoms with Crippen LogP contribution in [0.1, 0.15) is 32.3 Å². The first kappa shape index (κ1) is 16.1. The van der Waals surface area contributed by atoms with Gasteiger partial charge in [0.2, 0.25) is 0 Å². The zero-order valence-electron chi connectivity index (χ0n) is 12.2. The number of nitroso groups, excluding NO2 is 1. The molecule has 0 aliphatic rings. The molecule has 0 bridgehead atoms. The largest absolute Gasteiger partial charge is 0.497 e. The van der Waals surface area contributed by atoms with E-state index in [-0.39, 0.29) is 6.10 Å². The summed E-state index contributed by atoms with van der Waals surface area (Å²) in [4.78, 5) is 22.3. The fraction of sp³-hybridized carbons (Fsp3) is 0.533. The third kappa shape index (κ3) is 5.38. The number of ether oxygens (including phenoxy) is 2. The van der Waals surface area contributed by atoms with Gasteiger partial charge in [-0.05, 0) is 50.8 Å². The van der Waals surface area contributed by atoms with Gasteiger partial charge in [0.1, 0.15) is 5.75 Å². The predicted molar refractivity (Wildman–Crippen MR) is 76.7 cm³/mol. The van der Waals surface area contributed by atoms with Crippen molar-refractivity contribution in [1.82, 2.24) is 0 Å². The molecule has 0 radical (unpaired) electrons. The lowest BCUT2D eigenvalue weighted by Gasteiger charge is -2.11. The fourth-order valence-electron chi connectivity index (χ4n) is 1.82. The highest BCUT2D eigenvalue weighted by molar-refractivity contribution is 5.76. The van der Waals surface area contributed by atoms with Crippen LogP contribution in [0.3, 0.4) is 0 Å². The lowest BCUT2D eigenvalue weighted by atomic mass is 10.0. The molecule has 20 heavy (non-hydrogen) atoms. The Morgan fingerprint density at radius 2 is 1.90 bits per heavy atom. The molecule has 0 heterocycles. The summed E-state index contributed by atoms with van der Waals surface area (Å²) < 4.78 is 10.1. The highest BCUT2D eigenvalue weighted by Gasteiger charge is 2.21. The van der Waals surface area contributed by atoms with Gasteiger partial charge in [0.25, 0.3) is 0 Å². The van der Waals surface area contributed by atoms with E-state index < -0.39 is 12.0 Å². The number of nitrogens with zero attached hydrogens (tertiary/aromatic N) is 1. The molecule has 0 saturated heterocycles. The number of esters is 1. The van der Waals surface area contributed by atoms with Gasteiger partial charge in [-0.2, -0.15) is 0 Å². The first-order valence-corrected chi connectivity index (χ1v) is 6.72. The first-order chi connectivity index (χ1) is 9.56. The van der Waals surface area contributed by atoms with Crippen LogP contribution in [0.2, 0.25) is 0 Å². The van der Waals surface area contributed by atoms with Crippen LogP contribution in [0.25, 0.3) is 0 Å². The Morgan fingerprint density at radius 1 is 1.25 bits per heavy atom. The number of carbonyl (C=O) groups is 1. The molecule has 5 nitrogen and oxygen atoms in total. The average Bonchev–Trinajstić information content (AvgIpc) is 2.43. The summed E-state index contributed by atoms with van der Waals surface area (Å²) in [5, 5.41) is 2.86. The van der Waals surface area contributed by atoms with E-state index in [2.05, 4.69) is 5.18 Å². The third-order valence-corrected chi connectivity index (χ3v) is 2.85. The summed E-state index contributed by atoms with van der Waals surface area (Å²) in [5.41, 5.74) is 1.13. The van der Waals surface area contributed by atoms with Crippen molar-refractivity contribution in [3.63, 3.8) is 0 Å². The second kappa shape index (κ2) is 8.30. The zero-order chi connectivity index (χ0) is 15.0. The van der Waals surface area contributed by atoms with Crippen LogP contribution >= 0.6 is 0 Å². The Kier molecular flexibility index (Phi) is 6.70. The topological polar surface area (TPSA) is 65.0 Å². The minimum Gasteiger partial charge on any atom is -0.497 e. The number of hydrogen-bond acceptors (Lipinski definition) is 5. The second-order valence-electron chi connectivity index (χ2n) is 4.85. The number of hydrogen-bond donors (Lipinski definition) is 0. The van der Waals surface area contributed by atoms with E-state index in [4.69, 9.17) is 9.47 Å². The Bertz CT molecular complexity index is 428. The predicted octanol–water partition coefficient (Wildman–Crippen LogP) is 3.10. The molecule has 0 aliphatic heterocycles. The summed E-state index contributed by atoms with van der Waals surface area (Å²) in [5.74, 6) is 0.270. The maximum Gasteiger partial charge on any atom is 0.334 e. The van der Waals surface area contributed by atoms with Crippen molar-refractivity contribution in [1.29, 1.82) is 0 Å². The average molecular weight is 279 g/mol. The molecule has 5 heteroatoms. The molecule has 110 valence electrons. The molecular weight excluding hydrogens is 258 g/mol. The SMILES string of the molecule is COc1ccc(CCCC(N=O)C(=O)OC(C)C)cc1. The van der Waals surface area contributed by atoms with E-state index in [0.29, 0.717) is 12.8 Å². The molecule has 1 atom stereocenters. The number of methoxy groups -OCH3 is 1. The molecule has 1 unspecified atom stereocenters. The summed E-state index contributed by atoms with van der Waals surface area (Å²) >= 11 is 0. The zero-order valence-corrected chi connectivity index (χ0v) is 12.2. The molecule has 0 spiro atoms.